The molecule has 9 heteroatoms. The van der Waals surface area contributed by atoms with Crippen molar-refractivity contribution in [1.82, 2.24) is 10.2 Å². The van der Waals surface area contributed by atoms with E-state index >= 15 is 0 Å². The lowest BCUT2D eigenvalue weighted by Crippen LogP contribution is -2.24. The molecule has 1 saturated heterocycles. The van der Waals surface area contributed by atoms with Gasteiger partial charge in [0.05, 0.1) is 20.6 Å². The van der Waals surface area contributed by atoms with Crippen molar-refractivity contribution in [3.8, 4) is 11.5 Å². The molecule has 2 heterocycles. The van der Waals surface area contributed by atoms with Gasteiger partial charge in [-0.3, -0.25) is 9.59 Å². The summed E-state index contributed by atoms with van der Waals surface area (Å²) in [6, 6.07) is 11.5. The second-order valence-electron chi connectivity index (χ2n) is 8.11. The number of hydrogen-bond donors (Lipinski definition) is 1. The highest BCUT2D eigenvalue weighted by Crippen LogP contribution is 2.35. The van der Waals surface area contributed by atoms with Crippen LogP contribution in [0, 0.1) is 13.8 Å². The van der Waals surface area contributed by atoms with Crippen molar-refractivity contribution in [3.63, 3.8) is 0 Å². The third-order valence-corrected chi connectivity index (χ3v) is 6.49. The number of nitrogens with zero attached hydrogens (tertiary/aromatic N) is 3. The van der Waals surface area contributed by atoms with E-state index in [0.717, 1.165) is 27.4 Å². The van der Waals surface area contributed by atoms with Crippen molar-refractivity contribution >= 4 is 34.0 Å². The van der Waals surface area contributed by atoms with Gasteiger partial charge in [-0.2, -0.15) is 0 Å². The minimum absolute atomic E-state index is 0.0488. The molecule has 1 unspecified atom stereocenters. The summed E-state index contributed by atoms with van der Waals surface area (Å²) >= 11 is 1.31. The first-order valence-electron chi connectivity index (χ1n) is 10.6. The van der Waals surface area contributed by atoms with Gasteiger partial charge in [-0.05, 0) is 54.8 Å². The van der Waals surface area contributed by atoms with Crippen LogP contribution in [0.5, 0.6) is 11.5 Å². The molecule has 2 aromatic carbocycles. The van der Waals surface area contributed by atoms with Gasteiger partial charge in [-0.15, -0.1) is 10.2 Å². The second kappa shape index (κ2) is 9.58. The Bertz CT molecular complexity index is 1170. The van der Waals surface area contributed by atoms with Crippen molar-refractivity contribution in [3.05, 3.63) is 58.1 Å². The first-order valence-corrected chi connectivity index (χ1v) is 11.4. The summed E-state index contributed by atoms with van der Waals surface area (Å²) in [4.78, 5) is 27.0. The molecule has 0 spiro atoms. The van der Waals surface area contributed by atoms with Gasteiger partial charge in [0.1, 0.15) is 5.01 Å². The molecule has 3 aromatic rings. The summed E-state index contributed by atoms with van der Waals surface area (Å²) in [5.41, 5.74) is 3.95. The Morgan fingerprint density at radius 3 is 2.52 bits per heavy atom. The first-order chi connectivity index (χ1) is 15.9. The van der Waals surface area contributed by atoms with E-state index in [1.165, 1.54) is 11.3 Å². The van der Waals surface area contributed by atoms with Crippen LogP contribution in [0.2, 0.25) is 0 Å². The summed E-state index contributed by atoms with van der Waals surface area (Å²) in [7, 11) is 3.12. The average Bonchev–Trinajstić information content (AvgIpc) is 3.39. The maximum atomic E-state index is 12.7. The Hall–Kier alpha value is -3.46. The number of aromatic nitrogens is 2. The Kier molecular flexibility index (Phi) is 6.60. The molecule has 1 aliphatic heterocycles. The first kappa shape index (κ1) is 22.7. The van der Waals surface area contributed by atoms with Crippen LogP contribution in [0.15, 0.2) is 36.4 Å². The number of rotatable bonds is 7. The predicted molar refractivity (Wildman–Crippen MR) is 127 cm³/mol. The van der Waals surface area contributed by atoms with E-state index in [2.05, 4.69) is 21.6 Å². The molecule has 33 heavy (non-hydrogen) atoms. The number of ether oxygens (including phenoxy) is 2. The van der Waals surface area contributed by atoms with E-state index in [1.807, 2.05) is 32.0 Å². The molecule has 1 atom stereocenters. The van der Waals surface area contributed by atoms with Crippen LogP contribution in [0.3, 0.4) is 0 Å². The molecule has 0 aliphatic carbocycles. The van der Waals surface area contributed by atoms with Crippen LogP contribution in [0.4, 0.5) is 10.8 Å². The van der Waals surface area contributed by atoms with Crippen molar-refractivity contribution in [2.75, 3.05) is 31.0 Å². The number of aryl methyl sites for hydroxylation is 2. The van der Waals surface area contributed by atoms with Crippen LogP contribution < -0.4 is 19.7 Å². The Labute approximate surface area is 196 Å². The highest BCUT2D eigenvalue weighted by Gasteiger charge is 2.34. The van der Waals surface area contributed by atoms with Crippen LogP contribution in [-0.4, -0.2) is 42.8 Å². The number of nitrogens with one attached hydrogen (secondary N) is 1. The third kappa shape index (κ3) is 5.14. The topological polar surface area (TPSA) is 93.7 Å². The van der Waals surface area contributed by atoms with Crippen LogP contribution in [0.25, 0.3) is 0 Å². The molecular weight excluding hydrogens is 440 g/mol. The molecule has 0 saturated carbocycles. The molecule has 172 valence electrons. The number of amides is 2. The largest absolute Gasteiger partial charge is 0.493 e. The van der Waals surface area contributed by atoms with Gasteiger partial charge in [0.2, 0.25) is 16.9 Å². The molecule has 8 nitrogen and oxygen atoms in total. The van der Waals surface area contributed by atoms with E-state index in [9.17, 15) is 9.59 Å². The van der Waals surface area contributed by atoms with E-state index in [-0.39, 0.29) is 24.2 Å². The van der Waals surface area contributed by atoms with Crippen LogP contribution >= 0.6 is 11.3 Å². The van der Waals surface area contributed by atoms with E-state index in [1.54, 1.807) is 31.3 Å². The summed E-state index contributed by atoms with van der Waals surface area (Å²) in [6.45, 7) is 4.60. The summed E-state index contributed by atoms with van der Waals surface area (Å²) < 4.78 is 10.5. The monoisotopic (exact) mass is 466 g/mol. The maximum absolute atomic E-state index is 12.7. The average molecular weight is 467 g/mol. The minimum atomic E-state index is -0.204. The fraction of sp³-hybridized carbons (Fsp3) is 0.333. The molecule has 1 aliphatic rings. The molecular formula is C24H26N4O4S. The van der Waals surface area contributed by atoms with E-state index in [4.69, 9.17) is 9.47 Å². The normalized spacial score (nSPS) is 15.6. The number of anilines is 2. The zero-order valence-electron chi connectivity index (χ0n) is 19.0. The molecule has 1 N–H and O–H groups in total. The van der Waals surface area contributed by atoms with Gasteiger partial charge >= 0.3 is 0 Å². The van der Waals surface area contributed by atoms with Gasteiger partial charge < -0.3 is 19.7 Å². The number of benzene rings is 2. The summed E-state index contributed by atoms with van der Waals surface area (Å²) in [6.07, 6.45) is 0.541. The minimum Gasteiger partial charge on any atom is -0.493 e. The predicted octanol–water partition coefficient (Wildman–Crippen LogP) is 3.87. The third-order valence-electron chi connectivity index (χ3n) is 5.49. The van der Waals surface area contributed by atoms with E-state index < -0.39 is 0 Å². The van der Waals surface area contributed by atoms with E-state index in [0.29, 0.717) is 29.6 Å². The zero-order chi connectivity index (χ0) is 23.5. The van der Waals surface area contributed by atoms with Gasteiger partial charge in [0, 0.05) is 24.6 Å². The second-order valence-corrected chi connectivity index (χ2v) is 9.12. The standard InChI is InChI=1S/C24H26N4O4S/c1-14-7-15(2)9-18(8-14)28-13-17(12-22(28)30)23-26-27-24(33-23)25-21(29)11-16-5-6-19(31-3)20(10-16)32-4/h5-10,17H,11-13H2,1-4H3,(H,25,27,29). The van der Waals surface area contributed by atoms with Gasteiger partial charge in [-0.25, -0.2) is 0 Å². The van der Waals surface area contributed by atoms with Crippen LogP contribution in [0.1, 0.15) is 34.0 Å². The Morgan fingerprint density at radius 2 is 1.82 bits per heavy atom. The molecule has 0 radical (unpaired) electrons. The lowest BCUT2D eigenvalue weighted by Gasteiger charge is -2.17. The van der Waals surface area contributed by atoms with Gasteiger partial charge in [-0.1, -0.05) is 23.5 Å². The smallest absolute Gasteiger partial charge is 0.230 e. The Morgan fingerprint density at radius 1 is 1.09 bits per heavy atom. The van der Waals surface area contributed by atoms with Crippen molar-refractivity contribution in [1.29, 1.82) is 0 Å². The highest BCUT2D eigenvalue weighted by molar-refractivity contribution is 7.15. The molecule has 4 rings (SSSR count). The molecule has 2 amide bonds. The van der Waals surface area contributed by atoms with Crippen molar-refractivity contribution in [2.45, 2.75) is 32.6 Å². The summed E-state index contributed by atoms with van der Waals surface area (Å²) in [5, 5.41) is 12.3. The molecule has 1 aromatic heterocycles. The van der Waals surface area contributed by atoms with Crippen LogP contribution in [-0.2, 0) is 16.0 Å². The van der Waals surface area contributed by atoms with Gasteiger partial charge in [0.25, 0.3) is 0 Å². The zero-order valence-corrected chi connectivity index (χ0v) is 19.9. The number of carbonyl (C=O) groups is 2. The lowest BCUT2D eigenvalue weighted by atomic mass is 10.1. The molecule has 0 bridgehead atoms. The summed E-state index contributed by atoms with van der Waals surface area (Å²) in [5.74, 6) is 0.993. The maximum Gasteiger partial charge on any atom is 0.230 e. The fourth-order valence-corrected chi connectivity index (χ4v) is 4.87. The fourth-order valence-electron chi connectivity index (χ4n) is 4.02. The quantitative estimate of drug-likeness (QED) is 0.568. The number of hydrogen-bond acceptors (Lipinski definition) is 7. The Balaban J connectivity index is 1.40. The van der Waals surface area contributed by atoms with Crippen molar-refractivity contribution < 1.29 is 19.1 Å². The number of methoxy groups -OCH3 is 2. The number of carbonyl (C=O) groups excluding carboxylic acids is 2. The highest BCUT2D eigenvalue weighted by atomic mass is 32.1. The SMILES string of the molecule is COc1ccc(CC(=O)Nc2nnc(C3CC(=O)N(c4cc(C)cc(C)c4)C3)s2)cc1OC. The van der Waals surface area contributed by atoms with Crippen molar-refractivity contribution in [2.24, 2.45) is 0 Å². The molecule has 1 fully saturated rings. The lowest BCUT2D eigenvalue weighted by molar-refractivity contribution is -0.117. The van der Waals surface area contributed by atoms with Gasteiger partial charge in [0.15, 0.2) is 11.5 Å².